The highest BCUT2D eigenvalue weighted by molar-refractivity contribution is 5.70. The monoisotopic (exact) mass is 243 g/mol. The van der Waals surface area contributed by atoms with Gasteiger partial charge in [0.1, 0.15) is 5.82 Å². The van der Waals surface area contributed by atoms with E-state index in [0.29, 0.717) is 5.56 Å². The lowest BCUT2D eigenvalue weighted by Gasteiger charge is -2.11. The number of hydrogen-bond donors (Lipinski definition) is 1. The highest BCUT2D eigenvalue weighted by atomic mass is 19.1. The number of aryl methyl sites for hydroxylation is 1. The summed E-state index contributed by atoms with van der Waals surface area (Å²) in [6.45, 7) is 4.74. The van der Waals surface area contributed by atoms with Crippen LogP contribution in [0.5, 0.6) is 0 Å². The minimum absolute atomic E-state index is 0.147. The highest BCUT2D eigenvalue weighted by Crippen LogP contribution is 2.28. The van der Waals surface area contributed by atoms with Crippen LogP contribution in [0.3, 0.4) is 0 Å². The molecule has 0 atom stereocenters. The van der Waals surface area contributed by atoms with E-state index in [9.17, 15) is 4.39 Å². The molecule has 2 heteroatoms. The third kappa shape index (κ3) is 2.44. The summed E-state index contributed by atoms with van der Waals surface area (Å²) in [5, 5.41) is 3.13. The fourth-order valence-corrected chi connectivity index (χ4v) is 2.24. The van der Waals surface area contributed by atoms with Gasteiger partial charge in [0.05, 0.1) is 0 Å². The zero-order chi connectivity index (χ0) is 13.1. The second-order valence-electron chi connectivity index (χ2n) is 4.59. The summed E-state index contributed by atoms with van der Waals surface area (Å²) in [5.74, 6) is -0.147. The molecule has 1 N–H and O–H groups in total. The number of benzene rings is 2. The Labute approximate surface area is 108 Å². The Hall–Kier alpha value is -1.67. The van der Waals surface area contributed by atoms with Crippen molar-refractivity contribution in [3.8, 4) is 11.1 Å². The van der Waals surface area contributed by atoms with Crippen molar-refractivity contribution in [3.63, 3.8) is 0 Å². The topological polar surface area (TPSA) is 12.0 Å². The second kappa shape index (κ2) is 5.32. The molecule has 0 aliphatic rings. The van der Waals surface area contributed by atoms with Crippen LogP contribution in [-0.4, -0.2) is 7.05 Å². The van der Waals surface area contributed by atoms with E-state index < -0.39 is 0 Å². The van der Waals surface area contributed by atoms with Crippen LogP contribution in [0.1, 0.15) is 16.7 Å². The van der Waals surface area contributed by atoms with E-state index in [4.69, 9.17) is 0 Å². The van der Waals surface area contributed by atoms with Gasteiger partial charge < -0.3 is 5.32 Å². The Morgan fingerprint density at radius 3 is 2.50 bits per heavy atom. The van der Waals surface area contributed by atoms with Crippen molar-refractivity contribution in [2.24, 2.45) is 0 Å². The van der Waals surface area contributed by atoms with Crippen LogP contribution in [0.2, 0.25) is 0 Å². The van der Waals surface area contributed by atoms with Gasteiger partial charge in [0.25, 0.3) is 0 Å². The Kier molecular flexibility index (Phi) is 3.78. The molecule has 18 heavy (non-hydrogen) atoms. The highest BCUT2D eigenvalue weighted by Gasteiger charge is 2.08. The Morgan fingerprint density at radius 1 is 1.06 bits per heavy atom. The predicted octanol–water partition coefficient (Wildman–Crippen LogP) is 3.83. The van der Waals surface area contributed by atoms with Crippen LogP contribution < -0.4 is 5.32 Å². The minimum Gasteiger partial charge on any atom is -0.316 e. The van der Waals surface area contributed by atoms with E-state index in [0.717, 1.165) is 17.7 Å². The molecule has 0 bridgehead atoms. The van der Waals surface area contributed by atoms with E-state index in [2.05, 4.69) is 30.4 Å². The number of halogens is 1. The fraction of sp³-hybridized carbons (Fsp3) is 0.250. The molecule has 0 radical (unpaired) electrons. The minimum atomic E-state index is -0.147. The molecule has 2 rings (SSSR count). The zero-order valence-electron chi connectivity index (χ0n) is 11.0. The summed E-state index contributed by atoms with van der Waals surface area (Å²) in [5.41, 5.74) is 5.21. The van der Waals surface area contributed by atoms with E-state index in [-0.39, 0.29) is 5.82 Å². The van der Waals surface area contributed by atoms with E-state index in [1.807, 2.05) is 20.0 Å². The Balaban J connectivity index is 2.48. The molecule has 0 amide bonds. The van der Waals surface area contributed by atoms with Gasteiger partial charge in [0, 0.05) is 6.54 Å². The van der Waals surface area contributed by atoms with Crippen LogP contribution in [0.25, 0.3) is 11.1 Å². The van der Waals surface area contributed by atoms with Crippen molar-refractivity contribution in [2.75, 3.05) is 7.05 Å². The molecule has 0 spiro atoms. The molecule has 0 aliphatic heterocycles. The van der Waals surface area contributed by atoms with Gasteiger partial charge in [-0.1, -0.05) is 30.3 Å². The van der Waals surface area contributed by atoms with Gasteiger partial charge in [0.2, 0.25) is 0 Å². The molecule has 0 aromatic heterocycles. The molecule has 1 nitrogen and oxygen atoms in total. The lowest BCUT2D eigenvalue weighted by molar-refractivity contribution is 0.619. The molecule has 0 fully saturated rings. The van der Waals surface area contributed by atoms with Crippen LogP contribution in [0, 0.1) is 19.7 Å². The molecule has 2 aromatic rings. The number of nitrogens with one attached hydrogen (secondary N) is 1. The summed E-state index contributed by atoms with van der Waals surface area (Å²) in [4.78, 5) is 0. The summed E-state index contributed by atoms with van der Waals surface area (Å²) in [7, 11) is 1.93. The fourth-order valence-electron chi connectivity index (χ4n) is 2.24. The molecule has 0 saturated heterocycles. The van der Waals surface area contributed by atoms with E-state index >= 15 is 0 Å². The van der Waals surface area contributed by atoms with Crippen LogP contribution in [0.15, 0.2) is 36.4 Å². The normalized spacial score (nSPS) is 10.7. The van der Waals surface area contributed by atoms with Crippen molar-refractivity contribution < 1.29 is 4.39 Å². The van der Waals surface area contributed by atoms with Gasteiger partial charge in [0.15, 0.2) is 0 Å². The lowest BCUT2D eigenvalue weighted by atomic mass is 9.95. The molecule has 0 aliphatic carbocycles. The number of rotatable bonds is 3. The van der Waals surface area contributed by atoms with Gasteiger partial charge in [-0.2, -0.15) is 0 Å². The third-order valence-corrected chi connectivity index (χ3v) is 3.23. The van der Waals surface area contributed by atoms with Gasteiger partial charge in [-0.15, -0.1) is 0 Å². The predicted molar refractivity (Wildman–Crippen MR) is 74.1 cm³/mol. The first-order valence-electron chi connectivity index (χ1n) is 6.13. The molecular weight excluding hydrogens is 225 g/mol. The van der Waals surface area contributed by atoms with Gasteiger partial charge in [-0.25, -0.2) is 4.39 Å². The summed E-state index contributed by atoms with van der Waals surface area (Å²) < 4.78 is 13.6. The van der Waals surface area contributed by atoms with E-state index in [1.165, 1.54) is 17.2 Å². The van der Waals surface area contributed by atoms with Crippen LogP contribution >= 0.6 is 0 Å². The third-order valence-electron chi connectivity index (χ3n) is 3.23. The van der Waals surface area contributed by atoms with Gasteiger partial charge in [-0.3, -0.25) is 0 Å². The first-order valence-corrected chi connectivity index (χ1v) is 6.13. The first kappa shape index (κ1) is 12.8. The molecule has 2 aromatic carbocycles. The van der Waals surface area contributed by atoms with Crippen LogP contribution in [-0.2, 0) is 6.54 Å². The average Bonchev–Trinajstić information content (AvgIpc) is 2.34. The molecule has 0 unspecified atom stereocenters. The molecule has 94 valence electrons. The van der Waals surface area contributed by atoms with E-state index in [1.54, 1.807) is 6.07 Å². The SMILES string of the molecule is CNCc1ccc(-c2cccc(F)c2C)c(C)c1. The standard InChI is InChI=1S/C16H18FN/c1-11-9-13(10-18-3)7-8-14(11)15-5-4-6-16(17)12(15)2/h4-9,18H,10H2,1-3H3. The second-order valence-corrected chi connectivity index (χ2v) is 4.59. The maximum absolute atomic E-state index is 13.6. The Morgan fingerprint density at radius 2 is 1.83 bits per heavy atom. The summed E-state index contributed by atoms with van der Waals surface area (Å²) in [6.07, 6.45) is 0. The van der Waals surface area contributed by atoms with Crippen molar-refractivity contribution in [3.05, 3.63) is 58.9 Å². The zero-order valence-corrected chi connectivity index (χ0v) is 11.0. The van der Waals surface area contributed by atoms with Crippen LogP contribution in [0.4, 0.5) is 4.39 Å². The molecule has 0 saturated carbocycles. The largest absolute Gasteiger partial charge is 0.316 e. The first-order chi connectivity index (χ1) is 8.63. The smallest absolute Gasteiger partial charge is 0.126 e. The summed E-state index contributed by atoms with van der Waals surface area (Å²) >= 11 is 0. The van der Waals surface area contributed by atoms with Crippen molar-refractivity contribution in [2.45, 2.75) is 20.4 Å². The summed E-state index contributed by atoms with van der Waals surface area (Å²) in [6, 6.07) is 11.5. The van der Waals surface area contributed by atoms with Gasteiger partial charge in [-0.05, 0) is 54.8 Å². The quantitative estimate of drug-likeness (QED) is 0.864. The van der Waals surface area contributed by atoms with Crippen molar-refractivity contribution in [1.29, 1.82) is 0 Å². The Bertz CT molecular complexity index is 561. The molecule has 0 heterocycles. The average molecular weight is 243 g/mol. The maximum Gasteiger partial charge on any atom is 0.126 e. The maximum atomic E-state index is 13.6. The molecular formula is C16H18FN. The van der Waals surface area contributed by atoms with Gasteiger partial charge >= 0.3 is 0 Å². The number of hydrogen-bond acceptors (Lipinski definition) is 1. The van der Waals surface area contributed by atoms with Crippen molar-refractivity contribution in [1.82, 2.24) is 5.32 Å². The lowest BCUT2D eigenvalue weighted by Crippen LogP contribution is -2.05. The van der Waals surface area contributed by atoms with Crippen molar-refractivity contribution >= 4 is 0 Å².